The van der Waals surface area contributed by atoms with Crippen LogP contribution >= 0.6 is 0 Å². The number of aldehydes is 1. The van der Waals surface area contributed by atoms with Crippen molar-refractivity contribution >= 4 is 6.29 Å². The SMILES string of the molecule is COc1cc(CC(C)O)c(C=O)cc1O. The molecule has 0 aliphatic heterocycles. The topological polar surface area (TPSA) is 66.8 Å². The molecule has 1 aromatic carbocycles. The van der Waals surface area contributed by atoms with Crippen molar-refractivity contribution in [2.75, 3.05) is 7.11 Å². The highest BCUT2D eigenvalue weighted by molar-refractivity contribution is 5.79. The molecule has 0 aromatic heterocycles. The number of aromatic hydroxyl groups is 1. The monoisotopic (exact) mass is 210 g/mol. The highest BCUT2D eigenvalue weighted by Crippen LogP contribution is 2.29. The van der Waals surface area contributed by atoms with Crippen LogP contribution in [0.3, 0.4) is 0 Å². The predicted octanol–water partition coefficient (Wildman–Crippen LogP) is 1.14. The maximum Gasteiger partial charge on any atom is 0.160 e. The van der Waals surface area contributed by atoms with Gasteiger partial charge in [0.05, 0.1) is 13.2 Å². The Morgan fingerprint density at radius 3 is 2.67 bits per heavy atom. The van der Waals surface area contributed by atoms with Gasteiger partial charge in [-0.1, -0.05) is 0 Å². The lowest BCUT2D eigenvalue weighted by Gasteiger charge is -2.10. The fourth-order valence-corrected chi connectivity index (χ4v) is 1.39. The molecule has 0 aliphatic carbocycles. The van der Waals surface area contributed by atoms with E-state index in [1.54, 1.807) is 13.0 Å². The number of phenols is 1. The molecule has 0 saturated carbocycles. The van der Waals surface area contributed by atoms with E-state index in [0.29, 0.717) is 29.6 Å². The van der Waals surface area contributed by atoms with Gasteiger partial charge in [0.15, 0.2) is 11.5 Å². The van der Waals surface area contributed by atoms with E-state index in [2.05, 4.69) is 0 Å². The highest BCUT2D eigenvalue weighted by atomic mass is 16.5. The van der Waals surface area contributed by atoms with Gasteiger partial charge in [-0.05, 0) is 31.0 Å². The normalized spacial score (nSPS) is 12.2. The second-order valence-corrected chi connectivity index (χ2v) is 3.39. The maximum atomic E-state index is 10.7. The van der Waals surface area contributed by atoms with E-state index in [1.165, 1.54) is 13.2 Å². The number of aliphatic hydroxyl groups is 1. The smallest absolute Gasteiger partial charge is 0.160 e. The Labute approximate surface area is 88.1 Å². The predicted molar refractivity (Wildman–Crippen MR) is 55.4 cm³/mol. The first-order chi connectivity index (χ1) is 7.08. The summed E-state index contributed by atoms with van der Waals surface area (Å²) in [7, 11) is 1.43. The van der Waals surface area contributed by atoms with Crippen molar-refractivity contribution in [1.82, 2.24) is 0 Å². The molecule has 1 unspecified atom stereocenters. The maximum absolute atomic E-state index is 10.7. The quantitative estimate of drug-likeness (QED) is 0.731. The number of methoxy groups -OCH3 is 1. The summed E-state index contributed by atoms with van der Waals surface area (Å²) in [6.45, 7) is 1.63. The van der Waals surface area contributed by atoms with E-state index >= 15 is 0 Å². The van der Waals surface area contributed by atoms with Crippen molar-refractivity contribution in [3.63, 3.8) is 0 Å². The summed E-state index contributed by atoms with van der Waals surface area (Å²) in [6, 6.07) is 2.90. The molecule has 4 nitrogen and oxygen atoms in total. The Kier molecular flexibility index (Phi) is 3.68. The van der Waals surface area contributed by atoms with Crippen LogP contribution in [0.15, 0.2) is 12.1 Å². The summed E-state index contributed by atoms with van der Waals surface area (Å²) >= 11 is 0. The molecular weight excluding hydrogens is 196 g/mol. The number of hydrogen-bond acceptors (Lipinski definition) is 4. The van der Waals surface area contributed by atoms with Crippen LogP contribution < -0.4 is 4.74 Å². The number of hydrogen-bond donors (Lipinski definition) is 2. The van der Waals surface area contributed by atoms with Crippen LogP contribution in [-0.4, -0.2) is 29.7 Å². The Morgan fingerprint density at radius 1 is 1.53 bits per heavy atom. The molecule has 0 spiro atoms. The molecule has 0 bridgehead atoms. The van der Waals surface area contributed by atoms with Crippen LogP contribution in [0.4, 0.5) is 0 Å². The van der Waals surface area contributed by atoms with Crippen molar-refractivity contribution in [3.05, 3.63) is 23.3 Å². The lowest BCUT2D eigenvalue weighted by molar-refractivity contribution is 0.112. The molecule has 2 N–H and O–H groups in total. The molecule has 15 heavy (non-hydrogen) atoms. The van der Waals surface area contributed by atoms with Crippen LogP contribution in [0.25, 0.3) is 0 Å². The number of rotatable bonds is 4. The lowest BCUT2D eigenvalue weighted by Crippen LogP contribution is -2.07. The second-order valence-electron chi connectivity index (χ2n) is 3.39. The van der Waals surface area contributed by atoms with Gasteiger partial charge in [-0.3, -0.25) is 4.79 Å². The summed E-state index contributed by atoms with van der Waals surface area (Å²) in [4.78, 5) is 10.7. The fraction of sp³-hybridized carbons (Fsp3) is 0.364. The summed E-state index contributed by atoms with van der Waals surface area (Å²) < 4.78 is 4.92. The van der Waals surface area contributed by atoms with Gasteiger partial charge in [-0.25, -0.2) is 0 Å². The number of aliphatic hydroxyl groups excluding tert-OH is 1. The van der Waals surface area contributed by atoms with Crippen molar-refractivity contribution in [1.29, 1.82) is 0 Å². The zero-order valence-electron chi connectivity index (χ0n) is 8.73. The molecule has 1 aromatic rings. The van der Waals surface area contributed by atoms with Crippen LogP contribution in [-0.2, 0) is 6.42 Å². The summed E-state index contributed by atoms with van der Waals surface area (Å²) in [5.74, 6) is 0.227. The van der Waals surface area contributed by atoms with Gasteiger partial charge in [-0.2, -0.15) is 0 Å². The lowest BCUT2D eigenvalue weighted by atomic mass is 10.0. The first-order valence-electron chi connectivity index (χ1n) is 4.61. The van der Waals surface area contributed by atoms with E-state index in [4.69, 9.17) is 4.74 Å². The van der Waals surface area contributed by atoms with Gasteiger partial charge in [0.25, 0.3) is 0 Å². The Morgan fingerprint density at radius 2 is 2.20 bits per heavy atom. The Hall–Kier alpha value is -1.55. The molecule has 0 heterocycles. The van der Waals surface area contributed by atoms with Crippen LogP contribution in [0.5, 0.6) is 11.5 Å². The average Bonchev–Trinajstić information content (AvgIpc) is 2.19. The Bertz CT molecular complexity index is 358. The number of ether oxygens (including phenoxy) is 1. The average molecular weight is 210 g/mol. The molecule has 82 valence electrons. The summed E-state index contributed by atoms with van der Waals surface area (Å²) in [5.41, 5.74) is 1.03. The summed E-state index contributed by atoms with van der Waals surface area (Å²) in [6.07, 6.45) is 0.458. The molecule has 4 heteroatoms. The van der Waals surface area contributed by atoms with E-state index < -0.39 is 6.10 Å². The van der Waals surface area contributed by atoms with Gasteiger partial charge in [0.2, 0.25) is 0 Å². The highest BCUT2D eigenvalue weighted by Gasteiger charge is 2.10. The van der Waals surface area contributed by atoms with E-state index in [0.717, 1.165) is 0 Å². The molecular formula is C11H14O4. The van der Waals surface area contributed by atoms with Crippen molar-refractivity contribution in [2.24, 2.45) is 0 Å². The molecule has 1 atom stereocenters. The first-order valence-corrected chi connectivity index (χ1v) is 4.61. The first kappa shape index (κ1) is 11.5. The number of carbonyl (C=O) groups is 1. The standard InChI is InChI=1S/C11H14O4/c1-7(13)3-8-5-11(15-2)10(14)4-9(8)6-12/h4-7,13-14H,3H2,1-2H3. The van der Waals surface area contributed by atoms with Crippen LogP contribution in [0.1, 0.15) is 22.8 Å². The minimum absolute atomic E-state index is 0.0751. The molecule has 0 radical (unpaired) electrons. The number of benzene rings is 1. The van der Waals surface area contributed by atoms with Gasteiger partial charge in [-0.15, -0.1) is 0 Å². The third-order valence-electron chi connectivity index (χ3n) is 2.08. The van der Waals surface area contributed by atoms with E-state index in [1.807, 2.05) is 0 Å². The Balaban J connectivity index is 3.16. The molecule has 0 aliphatic rings. The van der Waals surface area contributed by atoms with Crippen molar-refractivity contribution < 1.29 is 19.7 Å². The van der Waals surface area contributed by atoms with E-state index in [9.17, 15) is 15.0 Å². The summed E-state index contributed by atoms with van der Waals surface area (Å²) in [5, 5.41) is 18.7. The zero-order chi connectivity index (χ0) is 11.4. The minimum Gasteiger partial charge on any atom is -0.504 e. The van der Waals surface area contributed by atoms with Gasteiger partial charge < -0.3 is 14.9 Å². The molecule has 1 rings (SSSR count). The van der Waals surface area contributed by atoms with Crippen molar-refractivity contribution in [3.8, 4) is 11.5 Å². The van der Waals surface area contributed by atoms with Gasteiger partial charge >= 0.3 is 0 Å². The van der Waals surface area contributed by atoms with Crippen LogP contribution in [0, 0.1) is 0 Å². The third-order valence-corrected chi connectivity index (χ3v) is 2.08. The van der Waals surface area contributed by atoms with Crippen LogP contribution in [0.2, 0.25) is 0 Å². The second kappa shape index (κ2) is 4.79. The zero-order valence-corrected chi connectivity index (χ0v) is 8.73. The number of carbonyl (C=O) groups excluding carboxylic acids is 1. The molecule has 0 fully saturated rings. The fourth-order valence-electron chi connectivity index (χ4n) is 1.39. The van der Waals surface area contributed by atoms with Gasteiger partial charge in [0, 0.05) is 5.56 Å². The van der Waals surface area contributed by atoms with E-state index in [-0.39, 0.29) is 5.75 Å². The molecule has 0 amide bonds. The van der Waals surface area contributed by atoms with Gasteiger partial charge in [0.1, 0.15) is 6.29 Å². The largest absolute Gasteiger partial charge is 0.504 e. The molecule has 0 saturated heterocycles. The third kappa shape index (κ3) is 2.70. The number of phenolic OH excluding ortho intramolecular Hbond substituents is 1. The van der Waals surface area contributed by atoms with Crippen molar-refractivity contribution in [2.45, 2.75) is 19.4 Å². The minimum atomic E-state index is -0.544.